The molecule has 2 fully saturated rings. The van der Waals surface area contributed by atoms with Gasteiger partial charge in [-0.3, -0.25) is 9.59 Å². The van der Waals surface area contributed by atoms with E-state index in [1.54, 1.807) is 11.8 Å². The molecule has 0 bridgehead atoms. The largest absolute Gasteiger partial charge is 0.342 e. The Labute approximate surface area is 106 Å². The summed E-state index contributed by atoms with van der Waals surface area (Å²) in [6.45, 7) is 6.92. The van der Waals surface area contributed by atoms with Gasteiger partial charge < -0.3 is 15.5 Å². The van der Waals surface area contributed by atoms with Gasteiger partial charge in [0.25, 0.3) is 0 Å². The van der Waals surface area contributed by atoms with Crippen molar-refractivity contribution in [2.24, 2.45) is 0 Å². The van der Waals surface area contributed by atoms with E-state index in [1.807, 2.05) is 18.7 Å². The number of amides is 2. The lowest BCUT2D eigenvalue weighted by Crippen LogP contribution is -2.59. The van der Waals surface area contributed by atoms with Crippen LogP contribution < -0.4 is 10.6 Å². The molecular weight excluding hydrogens is 238 g/mol. The maximum absolute atomic E-state index is 12.2. The Morgan fingerprint density at radius 2 is 2.06 bits per heavy atom. The zero-order chi connectivity index (χ0) is 12.5. The van der Waals surface area contributed by atoms with Crippen LogP contribution in [0, 0.1) is 0 Å². The highest BCUT2D eigenvalue weighted by Gasteiger charge is 2.39. The average Bonchev–Trinajstić information content (AvgIpc) is 2.33. The second-order valence-corrected chi connectivity index (χ2v) is 6.57. The number of hydrogen-bond acceptors (Lipinski definition) is 4. The topological polar surface area (TPSA) is 61.4 Å². The number of nitrogens with one attached hydrogen (secondary N) is 2. The second-order valence-electron chi connectivity index (χ2n) is 4.92. The first kappa shape index (κ1) is 12.7. The van der Waals surface area contributed by atoms with Crippen LogP contribution in [0.3, 0.4) is 0 Å². The summed E-state index contributed by atoms with van der Waals surface area (Å²) in [6.07, 6.45) is 0. The van der Waals surface area contributed by atoms with Gasteiger partial charge in [0.15, 0.2) is 0 Å². The van der Waals surface area contributed by atoms with Crippen LogP contribution in [0.15, 0.2) is 0 Å². The fourth-order valence-electron chi connectivity index (χ4n) is 1.97. The summed E-state index contributed by atoms with van der Waals surface area (Å²) in [4.78, 5) is 25.8. The molecule has 6 heteroatoms. The standard InChI is InChI=1S/C11H19N3O2S/c1-11(2)10(16)13-8(7-17-11)9(15)14-5-3-12-4-6-14/h8,12H,3-7H2,1-2H3,(H,13,16). The molecule has 96 valence electrons. The third-order valence-electron chi connectivity index (χ3n) is 3.19. The van der Waals surface area contributed by atoms with Crippen LogP contribution in [0.25, 0.3) is 0 Å². The predicted octanol–water partition coefficient (Wildman–Crippen LogP) is -0.572. The Bertz CT molecular complexity index is 327. The molecule has 17 heavy (non-hydrogen) atoms. The van der Waals surface area contributed by atoms with Crippen molar-refractivity contribution in [1.82, 2.24) is 15.5 Å². The summed E-state index contributed by atoms with van der Waals surface area (Å²) in [5.41, 5.74) is 0. The molecule has 0 aromatic heterocycles. The quantitative estimate of drug-likeness (QED) is 0.660. The molecule has 2 saturated heterocycles. The van der Waals surface area contributed by atoms with Crippen LogP contribution in [0.1, 0.15) is 13.8 Å². The van der Waals surface area contributed by atoms with Gasteiger partial charge in [0.1, 0.15) is 6.04 Å². The Kier molecular flexibility index (Phi) is 3.63. The highest BCUT2D eigenvalue weighted by molar-refractivity contribution is 8.01. The molecule has 0 aromatic carbocycles. The predicted molar refractivity (Wildman–Crippen MR) is 67.9 cm³/mol. The minimum Gasteiger partial charge on any atom is -0.342 e. The third-order valence-corrected chi connectivity index (χ3v) is 4.60. The van der Waals surface area contributed by atoms with Gasteiger partial charge in [0.2, 0.25) is 11.8 Å². The summed E-state index contributed by atoms with van der Waals surface area (Å²) < 4.78 is -0.416. The van der Waals surface area contributed by atoms with E-state index in [2.05, 4.69) is 10.6 Å². The molecule has 2 amide bonds. The van der Waals surface area contributed by atoms with Gasteiger partial charge in [-0.05, 0) is 13.8 Å². The molecule has 5 nitrogen and oxygen atoms in total. The second kappa shape index (κ2) is 4.86. The van der Waals surface area contributed by atoms with Gasteiger partial charge in [-0.1, -0.05) is 0 Å². The Morgan fingerprint density at radius 3 is 2.65 bits per heavy atom. The fourth-order valence-corrected chi connectivity index (χ4v) is 2.97. The van der Waals surface area contributed by atoms with Crippen molar-refractivity contribution in [3.8, 4) is 0 Å². The Balaban J connectivity index is 1.95. The smallest absolute Gasteiger partial charge is 0.246 e. The van der Waals surface area contributed by atoms with Crippen LogP contribution in [-0.2, 0) is 9.59 Å². The van der Waals surface area contributed by atoms with Gasteiger partial charge in [0, 0.05) is 31.9 Å². The van der Waals surface area contributed by atoms with Crippen molar-refractivity contribution >= 4 is 23.6 Å². The normalized spacial score (nSPS) is 28.7. The van der Waals surface area contributed by atoms with Crippen molar-refractivity contribution in [2.45, 2.75) is 24.6 Å². The number of hydrogen-bond donors (Lipinski definition) is 2. The van der Waals surface area contributed by atoms with E-state index < -0.39 is 4.75 Å². The minimum absolute atomic E-state index is 0.0396. The van der Waals surface area contributed by atoms with Crippen LogP contribution >= 0.6 is 11.8 Å². The lowest BCUT2D eigenvalue weighted by Gasteiger charge is -2.36. The molecule has 1 unspecified atom stereocenters. The molecule has 0 aliphatic carbocycles. The molecule has 0 aromatic rings. The van der Waals surface area contributed by atoms with Gasteiger partial charge in [-0.15, -0.1) is 11.8 Å². The van der Waals surface area contributed by atoms with Crippen LogP contribution in [0.4, 0.5) is 0 Å². The van der Waals surface area contributed by atoms with Crippen molar-refractivity contribution in [3.63, 3.8) is 0 Å². The zero-order valence-electron chi connectivity index (χ0n) is 10.3. The molecule has 2 aliphatic heterocycles. The summed E-state index contributed by atoms with van der Waals surface area (Å²) in [5, 5.41) is 6.04. The van der Waals surface area contributed by atoms with Gasteiger partial charge in [-0.2, -0.15) is 0 Å². The molecule has 0 radical (unpaired) electrons. The molecule has 2 heterocycles. The van der Waals surface area contributed by atoms with E-state index in [1.165, 1.54) is 0 Å². The van der Waals surface area contributed by atoms with Gasteiger partial charge in [-0.25, -0.2) is 0 Å². The van der Waals surface area contributed by atoms with Crippen LogP contribution in [-0.4, -0.2) is 59.4 Å². The van der Waals surface area contributed by atoms with Gasteiger partial charge >= 0.3 is 0 Å². The summed E-state index contributed by atoms with van der Waals surface area (Å²) in [7, 11) is 0. The highest BCUT2D eigenvalue weighted by atomic mass is 32.2. The monoisotopic (exact) mass is 257 g/mol. The number of carbonyl (C=O) groups is 2. The summed E-state index contributed by atoms with van der Waals surface area (Å²) in [5.74, 6) is 0.687. The molecule has 2 aliphatic rings. The molecular formula is C11H19N3O2S. The zero-order valence-corrected chi connectivity index (χ0v) is 11.1. The SMILES string of the molecule is CC1(C)SCC(C(=O)N2CCNCC2)NC1=O. The van der Waals surface area contributed by atoms with E-state index in [4.69, 9.17) is 0 Å². The molecule has 1 atom stereocenters. The molecule has 0 spiro atoms. The number of thioether (sulfide) groups is 1. The highest BCUT2D eigenvalue weighted by Crippen LogP contribution is 2.29. The molecule has 0 saturated carbocycles. The maximum atomic E-state index is 12.2. The number of rotatable bonds is 1. The van der Waals surface area contributed by atoms with Gasteiger partial charge in [0.05, 0.1) is 4.75 Å². The van der Waals surface area contributed by atoms with Crippen LogP contribution in [0.5, 0.6) is 0 Å². The van der Waals surface area contributed by atoms with Crippen molar-refractivity contribution in [3.05, 3.63) is 0 Å². The molecule has 2 N–H and O–H groups in total. The first-order valence-corrected chi connectivity index (χ1v) is 6.94. The maximum Gasteiger partial charge on any atom is 0.246 e. The van der Waals surface area contributed by atoms with Crippen molar-refractivity contribution in [2.75, 3.05) is 31.9 Å². The Hall–Kier alpha value is -0.750. The van der Waals surface area contributed by atoms with E-state index in [-0.39, 0.29) is 17.9 Å². The van der Waals surface area contributed by atoms with Crippen molar-refractivity contribution < 1.29 is 9.59 Å². The summed E-state index contributed by atoms with van der Waals surface area (Å²) >= 11 is 1.55. The third kappa shape index (κ3) is 2.74. The van der Waals surface area contributed by atoms with Crippen LogP contribution in [0.2, 0.25) is 0 Å². The van der Waals surface area contributed by atoms with E-state index in [0.717, 1.165) is 26.2 Å². The summed E-state index contributed by atoms with van der Waals surface area (Å²) in [6, 6.07) is -0.348. The first-order chi connectivity index (χ1) is 8.00. The van der Waals surface area contributed by atoms with E-state index in [0.29, 0.717) is 5.75 Å². The number of carbonyl (C=O) groups excluding carboxylic acids is 2. The minimum atomic E-state index is -0.416. The van der Waals surface area contributed by atoms with Crippen molar-refractivity contribution in [1.29, 1.82) is 0 Å². The lowest BCUT2D eigenvalue weighted by atomic mass is 10.1. The average molecular weight is 257 g/mol. The van der Waals surface area contributed by atoms with E-state index in [9.17, 15) is 9.59 Å². The van der Waals surface area contributed by atoms with E-state index >= 15 is 0 Å². The fraction of sp³-hybridized carbons (Fsp3) is 0.818. The first-order valence-electron chi connectivity index (χ1n) is 5.95. The number of nitrogens with zero attached hydrogens (tertiary/aromatic N) is 1. The molecule has 2 rings (SSSR count). The lowest BCUT2D eigenvalue weighted by molar-refractivity contribution is -0.137. The Morgan fingerprint density at radius 1 is 1.41 bits per heavy atom. The number of piperazine rings is 1.